The van der Waals surface area contributed by atoms with E-state index in [2.05, 4.69) is 6.58 Å². The van der Waals surface area contributed by atoms with Crippen LogP contribution in [0.5, 0.6) is 0 Å². The molecule has 0 rings (SSSR count). The molecule has 0 aliphatic heterocycles. The number of alkyl halides is 2. The molecule has 0 aromatic heterocycles. The van der Waals surface area contributed by atoms with Crippen LogP contribution in [0.4, 0.5) is 0 Å². The highest BCUT2D eigenvalue weighted by Gasteiger charge is 2.12. The molecule has 8 heavy (non-hydrogen) atoms. The molecule has 0 radical (unpaired) electrons. The van der Waals surface area contributed by atoms with Crippen molar-refractivity contribution in [2.24, 2.45) is 0 Å². The molecule has 0 aromatic carbocycles. The van der Waals surface area contributed by atoms with Gasteiger partial charge in [-0.15, -0.1) is 23.2 Å². The number of aliphatic hydroxyl groups is 1. The number of hydrogen-bond acceptors (Lipinski definition) is 1. The summed E-state index contributed by atoms with van der Waals surface area (Å²) < 4.78 is 0. The lowest BCUT2D eigenvalue weighted by atomic mass is 10.2. The fourth-order valence-electron chi connectivity index (χ4n) is 0.215. The Hall–Kier alpha value is 0.280. The van der Waals surface area contributed by atoms with Crippen molar-refractivity contribution in [3.63, 3.8) is 0 Å². The summed E-state index contributed by atoms with van der Waals surface area (Å²) in [5.41, 5.74) is 0.583. The van der Waals surface area contributed by atoms with Crippen molar-refractivity contribution in [2.75, 3.05) is 0 Å². The van der Waals surface area contributed by atoms with E-state index in [9.17, 15) is 0 Å². The first kappa shape index (κ1) is 8.28. The normalized spacial score (nSPS) is 14.1. The maximum Gasteiger partial charge on any atom is 0.137 e. The van der Waals surface area contributed by atoms with E-state index in [4.69, 9.17) is 28.3 Å². The minimum atomic E-state index is -0.793. The maximum absolute atomic E-state index is 8.84. The van der Waals surface area contributed by atoms with Crippen LogP contribution in [0.15, 0.2) is 12.2 Å². The Kier molecular flexibility index (Phi) is 3.45. The topological polar surface area (TPSA) is 20.2 Å². The highest BCUT2D eigenvalue weighted by atomic mass is 35.5. The summed E-state index contributed by atoms with van der Waals surface area (Å²) in [6.07, 6.45) is -0.793. The van der Waals surface area contributed by atoms with Gasteiger partial charge in [0.25, 0.3) is 0 Å². The Morgan fingerprint density at radius 1 is 1.62 bits per heavy atom. The summed E-state index contributed by atoms with van der Waals surface area (Å²) in [7, 11) is 0. The van der Waals surface area contributed by atoms with Gasteiger partial charge >= 0.3 is 0 Å². The van der Waals surface area contributed by atoms with E-state index >= 15 is 0 Å². The maximum atomic E-state index is 8.84. The molecule has 0 fully saturated rings. The lowest BCUT2D eigenvalue weighted by Crippen LogP contribution is -2.15. The Morgan fingerprint density at radius 2 is 2.00 bits per heavy atom. The molecule has 3 heteroatoms. The van der Waals surface area contributed by atoms with Gasteiger partial charge in [-0.3, -0.25) is 0 Å². The molecule has 0 spiro atoms. The summed E-state index contributed by atoms with van der Waals surface area (Å²) in [4.78, 5) is -0.757. The zero-order valence-corrected chi connectivity index (χ0v) is 6.08. The van der Waals surface area contributed by atoms with Crippen LogP contribution >= 0.6 is 23.2 Å². The summed E-state index contributed by atoms with van der Waals surface area (Å²) in [6.45, 7) is 5.13. The first-order valence-electron chi connectivity index (χ1n) is 2.17. The second-order valence-electron chi connectivity index (χ2n) is 1.63. The zero-order valence-electron chi connectivity index (χ0n) is 4.56. The summed E-state index contributed by atoms with van der Waals surface area (Å²) in [5.74, 6) is 0. The Balaban J connectivity index is 3.64. The Morgan fingerprint density at radius 3 is 2.00 bits per heavy atom. The minimum absolute atomic E-state index is 0.583. The SMILES string of the molecule is C=C(C)C(O)C(Cl)Cl. The van der Waals surface area contributed by atoms with E-state index in [1.165, 1.54) is 0 Å². The predicted octanol–water partition coefficient (Wildman–Crippen LogP) is 1.73. The van der Waals surface area contributed by atoms with Crippen molar-refractivity contribution in [2.45, 2.75) is 17.9 Å². The van der Waals surface area contributed by atoms with Gasteiger partial charge in [-0.25, -0.2) is 0 Å². The van der Waals surface area contributed by atoms with Crippen LogP contribution < -0.4 is 0 Å². The van der Waals surface area contributed by atoms with Crippen molar-refractivity contribution >= 4 is 23.2 Å². The van der Waals surface area contributed by atoms with Crippen LogP contribution in [0, 0.1) is 0 Å². The highest BCUT2D eigenvalue weighted by molar-refractivity contribution is 6.44. The molecule has 1 nitrogen and oxygen atoms in total. The monoisotopic (exact) mass is 154 g/mol. The molecule has 0 aliphatic rings. The fraction of sp³-hybridized carbons (Fsp3) is 0.600. The van der Waals surface area contributed by atoms with Gasteiger partial charge in [0.1, 0.15) is 10.9 Å². The summed E-state index contributed by atoms with van der Waals surface area (Å²) in [6, 6.07) is 0. The number of aliphatic hydroxyl groups excluding tert-OH is 1. The molecule has 1 atom stereocenters. The van der Waals surface area contributed by atoms with Gasteiger partial charge in [-0.1, -0.05) is 6.58 Å². The lowest BCUT2D eigenvalue weighted by Gasteiger charge is -2.08. The van der Waals surface area contributed by atoms with Gasteiger partial charge in [0.15, 0.2) is 0 Å². The Labute approximate surface area is 58.9 Å². The molecule has 0 bridgehead atoms. The third-order valence-corrected chi connectivity index (χ3v) is 1.22. The fourth-order valence-corrected chi connectivity index (χ4v) is 0.645. The van der Waals surface area contributed by atoms with E-state index < -0.39 is 10.9 Å². The van der Waals surface area contributed by atoms with E-state index in [0.717, 1.165) is 0 Å². The van der Waals surface area contributed by atoms with Crippen LogP contribution in [-0.2, 0) is 0 Å². The van der Waals surface area contributed by atoms with Crippen molar-refractivity contribution in [3.05, 3.63) is 12.2 Å². The van der Waals surface area contributed by atoms with Gasteiger partial charge in [0.2, 0.25) is 0 Å². The molecular weight excluding hydrogens is 147 g/mol. The van der Waals surface area contributed by atoms with Crippen molar-refractivity contribution in [3.8, 4) is 0 Å². The number of hydrogen-bond donors (Lipinski definition) is 1. The molecule has 1 unspecified atom stereocenters. The summed E-state index contributed by atoms with van der Waals surface area (Å²) >= 11 is 10.6. The molecule has 0 saturated carbocycles. The quantitative estimate of drug-likeness (QED) is 0.475. The average molecular weight is 155 g/mol. The third kappa shape index (κ3) is 2.55. The van der Waals surface area contributed by atoms with Crippen LogP contribution in [0.2, 0.25) is 0 Å². The molecule has 0 heterocycles. The van der Waals surface area contributed by atoms with E-state index in [1.54, 1.807) is 6.92 Å². The molecule has 0 saturated heterocycles. The zero-order chi connectivity index (χ0) is 6.73. The first-order valence-corrected chi connectivity index (χ1v) is 3.04. The second-order valence-corrected chi connectivity index (χ2v) is 2.79. The minimum Gasteiger partial charge on any atom is -0.386 e. The number of rotatable bonds is 2. The van der Waals surface area contributed by atoms with Crippen LogP contribution in [-0.4, -0.2) is 16.0 Å². The van der Waals surface area contributed by atoms with Gasteiger partial charge in [-0.05, 0) is 12.5 Å². The lowest BCUT2D eigenvalue weighted by molar-refractivity contribution is 0.226. The standard InChI is InChI=1S/C5H8Cl2O/c1-3(2)4(8)5(6)7/h4-5,8H,1H2,2H3. The molecule has 1 N–H and O–H groups in total. The highest BCUT2D eigenvalue weighted by Crippen LogP contribution is 2.12. The number of halogens is 2. The van der Waals surface area contributed by atoms with E-state index in [1.807, 2.05) is 0 Å². The van der Waals surface area contributed by atoms with Crippen molar-refractivity contribution in [1.82, 2.24) is 0 Å². The third-order valence-electron chi connectivity index (χ3n) is 0.744. The molecule has 0 aliphatic carbocycles. The predicted molar refractivity (Wildman–Crippen MR) is 36.3 cm³/mol. The van der Waals surface area contributed by atoms with Gasteiger partial charge in [-0.2, -0.15) is 0 Å². The van der Waals surface area contributed by atoms with Crippen LogP contribution in [0.1, 0.15) is 6.92 Å². The smallest absolute Gasteiger partial charge is 0.137 e. The first-order chi connectivity index (χ1) is 3.55. The molecule has 0 aromatic rings. The van der Waals surface area contributed by atoms with Crippen LogP contribution in [0.25, 0.3) is 0 Å². The molecular formula is C5H8Cl2O. The molecule has 48 valence electrons. The largest absolute Gasteiger partial charge is 0.386 e. The van der Waals surface area contributed by atoms with Gasteiger partial charge < -0.3 is 5.11 Å². The van der Waals surface area contributed by atoms with Crippen LogP contribution in [0.3, 0.4) is 0 Å². The van der Waals surface area contributed by atoms with Gasteiger partial charge in [0.05, 0.1) is 0 Å². The van der Waals surface area contributed by atoms with E-state index in [-0.39, 0.29) is 0 Å². The molecule has 0 amide bonds. The van der Waals surface area contributed by atoms with Crippen molar-refractivity contribution in [1.29, 1.82) is 0 Å². The average Bonchev–Trinajstić information content (AvgIpc) is 1.64. The van der Waals surface area contributed by atoms with Gasteiger partial charge in [0, 0.05) is 0 Å². The van der Waals surface area contributed by atoms with E-state index in [0.29, 0.717) is 5.57 Å². The summed E-state index contributed by atoms with van der Waals surface area (Å²) in [5, 5.41) is 8.84. The second kappa shape index (κ2) is 3.33. The Bertz CT molecular complexity index is 90.4. The van der Waals surface area contributed by atoms with Crippen molar-refractivity contribution < 1.29 is 5.11 Å².